The lowest BCUT2D eigenvalue weighted by molar-refractivity contribution is -0.116. The lowest BCUT2D eigenvalue weighted by Gasteiger charge is -2.27. The molecular formula is C35H36N8O3. The third-order valence-corrected chi connectivity index (χ3v) is 10.6. The number of aromatic nitrogens is 5. The topological polar surface area (TPSA) is 133 Å². The number of fused-ring (bicyclic) bond motifs is 5. The Labute approximate surface area is 265 Å². The van der Waals surface area contributed by atoms with Gasteiger partial charge in [0.15, 0.2) is 5.82 Å². The summed E-state index contributed by atoms with van der Waals surface area (Å²) in [4.78, 5) is 42.4. The second-order valence-electron chi connectivity index (χ2n) is 13.5. The van der Waals surface area contributed by atoms with Crippen molar-refractivity contribution in [2.45, 2.75) is 57.2 Å². The maximum atomic E-state index is 13.7. The summed E-state index contributed by atoms with van der Waals surface area (Å²) in [5, 5.41) is 3.90. The van der Waals surface area contributed by atoms with Gasteiger partial charge < -0.3 is 29.8 Å². The molecule has 234 valence electrons. The van der Waals surface area contributed by atoms with Crippen molar-refractivity contribution < 1.29 is 14.3 Å². The standard InChI is InChI=1S/C35H36N8O3/c1-41-31-25(12-22(14-28(31)46-2)35(45)43-17-21-6-9-26(43)30(21)36)39-34(41)27-13-20-5-8-24(38-33(20)42(27)16-18-3-4-18)23-11-19-7-10-29(44)40-32(19)37-15-23/h5,8,11-15,18,21,26,30H,3-4,6-7,9-10,16-17,36H2,1-2H3,(H,37,40,44). The van der Waals surface area contributed by atoms with Crippen molar-refractivity contribution in [1.82, 2.24) is 29.0 Å². The van der Waals surface area contributed by atoms with Gasteiger partial charge in [0.1, 0.15) is 22.7 Å². The number of anilines is 1. The van der Waals surface area contributed by atoms with Crippen LogP contribution in [0.15, 0.2) is 42.6 Å². The fourth-order valence-corrected chi connectivity index (χ4v) is 7.88. The Bertz CT molecular complexity index is 2090. The number of amides is 2. The van der Waals surface area contributed by atoms with Crippen molar-refractivity contribution >= 4 is 39.7 Å². The van der Waals surface area contributed by atoms with Crippen LogP contribution in [0, 0.1) is 11.8 Å². The van der Waals surface area contributed by atoms with Gasteiger partial charge >= 0.3 is 0 Å². The lowest BCUT2D eigenvalue weighted by atomic mass is 10.0. The number of rotatable bonds is 6. The smallest absolute Gasteiger partial charge is 0.254 e. The molecule has 0 radical (unpaired) electrons. The van der Waals surface area contributed by atoms with Gasteiger partial charge in [0.2, 0.25) is 5.91 Å². The van der Waals surface area contributed by atoms with Crippen LogP contribution in [-0.4, -0.2) is 66.5 Å². The Kier molecular flexibility index (Phi) is 6.06. The first-order chi connectivity index (χ1) is 22.4. The Morgan fingerprint density at radius 2 is 1.96 bits per heavy atom. The fourth-order valence-electron chi connectivity index (χ4n) is 7.88. The number of ether oxygens (including phenoxy) is 1. The van der Waals surface area contributed by atoms with Crippen molar-refractivity contribution in [3.05, 3.63) is 53.7 Å². The molecule has 9 rings (SSSR count). The monoisotopic (exact) mass is 616 g/mol. The first kappa shape index (κ1) is 27.5. The van der Waals surface area contributed by atoms with E-state index >= 15 is 0 Å². The van der Waals surface area contributed by atoms with E-state index < -0.39 is 0 Å². The number of imidazole rings is 1. The van der Waals surface area contributed by atoms with Crippen molar-refractivity contribution in [2.75, 3.05) is 19.0 Å². The molecule has 2 saturated carbocycles. The Balaban J connectivity index is 1.13. The number of nitrogens with two attached hydrogens (primary N) is 1. The predicted molar refractivity (Wildman–Crippen MR) is 174 cm³/mol. The van der Waals surface area contributed by atoms with Gasteiger partial charge in [0.05, 0.1) is 24.0 Å². The summed E-state index contributed by atoms with van der Waals surface area (Å²) in [5.41, 5.74) is 13.2. The van der Waals surface area contributed by atoms with Gasteiger partial charge in [0.25, 0.3) is 5.91 Å². The molecule has 3 fully saturated rings. The number of likely N-dealkylation sites (tertiary alicyclic amines) is 1. The quantitative estimate of drug-likeness (QED) is 0.287. The van der Waals surface area contributed by atoms with Crippen LogP contribution in [-0.2, 0) is 24.8 Å². The summed E-state index contributed by atoms with van der Waals surface area (Å²) in [7, 11) is 3.64. The van der Waals surface area contributed by atoms with Gasteiger partial charge in [-0.25, -0.2) is 15.0 Å². The largest absolute Gasteiger partial charge is 0.494 e. The molecule has 4 aliphatic rings. The van der Waals surface area contributed by atoms with Crippen LogP contribution in [0.25, 0.3) is 44.8 Å². The normalized spacial score (nSPS) is 22.1. The minimum Gasteiger partial charge on any atom is -0.494 e. The molecule has 5 aromatic rings. The molecule has 2 aliphatic heterocycles. The highest BCUT2D eigenvalue weighted by Crippen LogP contribution is 2.40. The van der Waals surface area contributed by atoms with Crippen LogP contribution in [0.3, 0.4) is 0 Å². The summed E-state index contributed by atoms with van der Waals surface area (Å²) >= 11 is 0. The van der Waals surface area contributed by atoms with E-state index in [2.05, 4.69) is 37.6 Å². The maximum absolute atomic E-state index is 13.7. The number of aryl methyl sites for hydroxylation is 2. The van der Waals surface area contributed by atoms with Gasteiger partial charge in [-0.1, -0.05) is 0 Å². The number of pyridine rings is 2. The number of nitrogens with zero attached hydrogens (tertiary/aromatic N) is 6. The van der Waals surface area contributed by atoms with E-state index in [0.29, 0.717) is 48.4 Å². The van der Waals surface area contributed by atoms with Crippen LogP contribution < -0.4 is 15.8 Å². The lowest BCUT2D eigenvalue weighted by Crippen LogP contribution is -2.41. The van der Waals surface area contributed by atoms with E-state index in [1.807, 2.05) is 30.1 Å². The average Bonchev–Trinajstić information content (AvgIpc) is 3.47. The second kappa shape index (κ2) is 10.1. The van der Waals surface area contributed by atoms with Crippen molar-refractivity contribution in [3.8, 4) is 28.5 Å². The second-order valence-corrected chi connectivity index (χ2v) is 13.5. The van der Waals surface area contributed by atoms with E-state index in [9.17, 15) is 9.59 Å². The molecule has 3 unspecified atom stereocenters. The van der Waals surface area contributed by atoms with Crippen molar-refractivity contribution in [2.24, 2.45) is 24.6 Å². The molecule has 2 aliphatic carbocycles. The number of methoxy groups -OCH3 is 1. The molecule has 1 saturated heterocycles. The highest BCUT2D eigenvalue weighted by Gasteiger charge is 2.47. The van der Waals surface area contributed by atoms with Crippen molar-refractivity contribution in [3.63, 3.8) is 0 Å². The zero-order valence-corrected chi connectivity index (χ0v) is 26.0. The van der Waals surface area contributed by atoms with Crippen LogP contribution in [0.1, 0.15) is 48.0 Å². The average molecular weight is 617 g/mol. The van der Waals surface area contributed by atoms with Crippen molar-refractivity contribution in [1.29, 1.82) is 0 Å². The number of carbonyl (C=O) groups excluding carboxylic acids is 2. The minimum absolute atomic E-state index is 0.00301. The number of benzene rings is 1. The first-order valence-corrected chi connectivity index (χ1v) is 16.3. The molecule has 4 aromatic heterocycles. The first-order valence-electron chi connectivity index (χ1n) is 16.3. The molecule has 2 bridgehead atoms. The summed E-state index contributed by atoms with van der Waals surface area (Å²) in [6.07, 6.45) is 7.37. The number of hydrogen-bond acceptors (Lipinski definition) is 7. The molecular weight excluding hydrogens is 580 g/mol. The van der Waals surface area contributed by atoms with Crippen LogP contribution in [0.2, 0.25) is 0 Å². The van der Waals surface area contributed by atoms with E-state index in [4.69, 9.17) is 20.4 Å². The Morgan fingerprint density at radius 1 is 1.09 bits per heavy atom. The van der Waals surface area contributed by atoms with E-state index in [1.165, 1.54) is 12.8 Å². The van der Waals surface area contributed by atoms with Gasteiger partial charge in [0, 0.05) is 61.4 Å². The highest BCUT2D eigenvalue weighted by atomic mass is 16.5. The summed E-state index contributed by atoms with van der Waals surface area (Å²) < 4.78 is 10.2. The van der Waals surface area contributed by atoms with E-state index in [0.717, 1.165) is 69.8 Å². The SMILES string of the molecule is COc1cc(C(=O)N2CC3CCC2C3N)cc2nc(-c3cc4ccc(-c5cnc6c(c5)CCC(=O)N6)nc4n3CC3CC3)n(C)c12. The van der Waals surface area contributed by atoms with Crippen LogP contribution in [0.5, 0.6) is 5.75 Å². The third kappa shape index (κ3) is 4.24. The Hall–Kier alpha value is -4.77. The Morgan fingerprint density at radius 3 is 2.72 bits per heavy atom. The van der Waals surface area contributed by atoms with Crippen LogP contribution in [0.4, 0.5) is 5.82 Å². The highest BCUT2D eigenvalue weighted by molar-refractivity contribution is 6.00. The number of hydrogen-bond donors (Lipinski definition) is 2. The molecule has 46 heavy (non-hydrogen) atoms. The molecule has 11 nitrogen and oxygen atoms in total. The van der Waals surface area contributed by atoms with E-state index in [-0.39, 0.29) is 23.9 Å². The summed E-state index contributed by atoms with van der Waals surface area (Å²) in [6.45, 7) is 1.57. The number of nitrogens with one attached hydrogen (secondary N) is 1. The number of carbonyl (C=O) groups is 2. The summed E-state index contributed by atoms with van der Waals surface area (Å²) in [5.74, 6) is 3.04. The number of piperidine rings is 1. The minimum atomic E-state index is -0.00585. The van der Waals surface area contributed by atoms with E-state index in [1.54, 1.807) is 13.3 Å². The zero-order valence-electron chi connectivity index (χ0n) is 26.0. The molecule has 11 heteroatoms. The molecule has 0 spiro atoms. The predicted octanol–water partition coefficient (Wildman–Crippen LogP) is 4.52. The van der Waals surface area contributed by atoms with Gasteiger partial charge in [-0.2, -0.15) is 0 Å². The molecule has 3 N–H and O–H groups in total. The summed E-state index contributed by atoms with van der Waals surface area (Å²) in [6, 6.07) is 12.3. The molecule has 3 atom stereocenters. The zero-order chi connectivity index (χ0) is 31.3. The van der Waals surface area contributed by atoms with Gasteiger partial charge in [-0.05, 0) is 85.9 Å². The molecule has 1 aromatic carbocycles. The fraction of sp³-hybridized carbons (Fsp3) is 0.400. The molecule has 6 heterocycles. The van der Waals surface area contributed by atoms with Gasteiger partial charge in [-0.15, -0.1) is 0 Å². The van der Waals surface area contributed by atoms with Gasteiger partial charge in [-0.3, -0.25) is 9.59 Å². The maximum Gasteiger partial charge on any atom is 0.254 e. The molecule has 2 amide bonds. The van der Waals surface area contributed by atoms with Crippen LogP contribution >= 0.6 is 0 Å². The third-order valence-electron chi connectivity index (χ3n) is 10.6.